The van der Waals surface area contributed by atoms with E-state index in [0.29, 0.717) is 29.6 Å². The number of ether oxygens (including phenoxy) is 1. The van der Waals surface area contributed by atoms with Gasteiger partial charge in [0.05, 0.1) is 12.5 Å². The Morgan fingerprint density at radius 2 is 1.65 bits per heavy atom. The molecular formula is C22H30N4O4S. The van der Waals surface area contributed by atoms with E-state index >= 15 is 0 Å². The van der Waals surface area contributed by atoms with E-state index in [4.69, 9.17) is 4.74 Å². The van der Waals surface area contributed by atoms with Crippen LogP contribution in [0.4, 0.5) is 11.4 Å². The van der Waals surface area contributed by atoms with Crippen LogP contribution in [-0.2, 0) is 14.8 Å². The van der Waals surface area contributed by atoms with E-state index < -0.39 is 21.3 Å². The smallest absolute Gasteiger partial charge is 0.250 e. The summed E-state index contributed by atoms with van der Waals surface area (Å²) in [4.78, 5) is 13.0. The summed E-state index contributed by atoms with van der Waals surface area (Å²) in [6, 6.07) is 13.8. The van der Waals surface area contributed by atoms with Gasteiger partial charge in [-0.2, -0.15) is 0 Å². The molecule has 9 heteroatoms. The molecule has 8 nitrogen and oxygen atoms in total. The fourth-order valence-corrected chi connectivity index (χ4v) is 5.04. The predicted molar refractivity (Wildman–Crippen MR) is 122 cm³/mol. The average Bonchev–Trinajstić information content (AvgIpc) is 3.12. The maximum Gasteiger partial charge on any atom is 0.250 e. The van der Waals surface area contributed by atoms with Gasteiger partial charge in [0, 0.05) is 17.4 Å². The van der Waals surface area contributed by atoms with Crippen molar-refractivity contribution >= 4 is 27.3 Å². The molecule has 0 aromatic heterocycles. The highest BCUT2D eigenvalue weighted by atomic mass is 32.2. The molecule has 3 rings (SSSR count). The zero-order valence-electron chi connectivity index (χ0n) is 18.2. The lowest BCUT2D eigenvalue weighted by Gasteiger charge is -2.21. The Morgan fingerprint density at radius 3 is 2.23 bits per heavy atom. The van der Waals surface area contributed by atoms with Crippen LogP contribution < -0.4 is 25.6 Å². The van der Waals surface area contributed by atoms with Crippen molar-refractivity contribution in [2.45, 2.75) is 45.0 Å². The van der Waals surface area contributed by atoms with Gasteiger partial charge in [-0.15, -0.1) is 0 Å². The van der Waals surface area contributed by atoms with Crippen molar-refractivity contribution in [2.75, 3.05) is 16.6 Å². The van der Waals surface area contributed by atoms with Gasteiger partial charge in [-0.1, -0.05) is 26.0 Å². The van der Waals surface area contributed by atoms with Gasteiger partial charge in [0.15, 0.2) is 5.37 Å². The number of rotatable bonds is 8. The molecular weight excluding hydrogens is 416 g/mol. The lowest BCUT2D eigenvalue weighted by Crippen LogP contribution is -2.45. The number of hydrogen-bond donors (Lipinski definition) is 4. The number of amides is 1. The molecule has 1 heterocycles. The molecule has 2 aromatic rings. The Bertz CT molecular complexity index is 991. The molecule has 3 atom stereocenters. The molecule has 1 aliphatic heterocycles. The second-order valence-corrected chi connectivity index (χ2v) is 9.70. The monoisotopic (exact) mass is 446 g/mol. The molecule has 0 radical (unpaired) electrons. The maximum absolute atomic E-state index is 13.0. The Balaban J connectivity index is 1.72. The molecule has 2 aromatic carbocycles. The first-order chi connectivity index (χ1) is 14.7. The van der Waals surface area contributed by atoms with Gasteiger partial charge in [-0.25, -0.2) is 13.8 Å². The SMILES string of the molecule is CCOc1ccc(NS(=O)(=O)C2NNC(C)C2C(=O)Nc2ccc(C(C)C)cc2)cc1. The normalized spacial score (nSPS) is 21.1. The van der Waals surface area contributed by atoms with Crippen molar-refractivity contribution in [2.24, 2.45) is 5.92 Å². The maximum atomic E-state index is 13.0. The van der Waals surface area contributed by atoms with Gasteiger partial charge in [0.25, 0.3) is 10.0 Å². The van der Waals surface area contributed by atoms with Gasteiger partial charge in [-0.05, 0) is 61.7 Å². The van der Waals surface area contributed by atoms with E-state index in [1.54, 1.807) is 31.2 Å². The van der Waals surface area contributed by atoms with Crippen molar-refractivity contribution in [3.05, 3.63) is 54.1 Å². The summed E-state index contributed by atoms with van der Waals surface area (Å²) in [6.45, 7) is 8.36. The number of sulfonamides is 1. The third-order valence-electron chi connectivity index (χ3n) is 5.23. The van der Waals surface area contributed by atoms with E-state index in [9.17, 15) is 13.2 Å². The minimum atomic E-state index is -3.90. The molecule has 168 valence electrons. The molecule has 1 amide bonds. The fraction of sp³-hybridized carbons (Fsp3) is 0.409. The van der Waals surface area contributed by atoms with Crippen LogP contribution in [0.15, 0.2) is 48.5 Å². The minimum Gasteiger partial charge on any atom is -0.494 e. The molecule has 3 unspecified atom stereocenters. The van der Waals surface area contributed by atoms with Crippen LogP contribution in [0.25, 0.3) is 0 Å². The molecule has 0 saturated carbocycles. The summed E-state index contributed by atoms with van der Waals surface area (Å²) in [5.41, 5.74) is 7.82. The summed E-state index contributed by atoms with van der Waals surface area (Å²) in [7, 11) is -3.90. The van der Waals surface area contributed by atoms with Crippen molar-refractivity contribution in [3.63, 3.8) is 0 Å². The lowest BCUT2D eigenvalue weighted by atomic mass is 10.0. The van der Waals surface area contributed by atoms with Crippen molar-refractivity contribution < 1.29 is 17.9 Å². The summed E-state index contributed by atoms with van der Waals surface area (Å²) >= 11 is 0. The Labute approximate surface area is 183 Å². The summed E-state index contributed by atoms with van der Waals surface area (Å²) in [5, 5.41) is 1.70. The predicted octanol–water partition coefficient (Wildman–Crippen LogP) is 3.03. The van der Waals surface area contributed by atoms with E-state index in [1.807, 2.05) is 31.2 Å². The van der Waals surface area contributed by atoms with E-state index in [2.05, 4.69) is 34.7 Å². The van der Waals surface area contributed by atoms with E-state index in [1.165, 1.54) is 0 Å². The van der Waals surface area contributed by atoms with Gasteiger partial charge in [0.1, 0.15) is 5.75 Å². The van der Waals surface area contributed by atoms with E-state index in [-0.39, 0.29) is 11.9 Å². The second kappa shape index (κ2) is 9.67. The number of nitrogens with one attached hydrogen (secondary N) is 4. The summed E-state index contributed by atoms with van der Waals surface area (Å²) in [5.74, 6) is -0.161. The van der Waals surface area contributed by atoms with Crippen LogP contribution in [0.1, 0.15) is 39.2 Å². The second-order valence-electron chi connectivity index (χ2n) is 7.89. The van der Waals surface area contributed by atoms with Crippen LogP contribution in [0, 0.1) is 5.92 Å². The summed E-state index contributed by atoms with van der Waals surface area (Å²) < 4.78 is 34.0. The van der Waals surface area contributed by atoms with Crippen LogP contribution in [0.3, 0.4) is 0 Å². The lowest BCUT2D eigenvalue weighted by molar-refractivity contribution is -0.119. The van der Waals surface area contributed by atoms with Crippen LogP contribution in [-0.4, -0.2) is 32.3 Å². The van der Waals surface area contributed by atoms with Crippen LogP contribution in [0.2, 0.25) is 0 Å². The number of hydrogen-bond acceptors (Lipinski definition) is 6. The van der Waals surface area contributed by atoms with Crippen molar-refractivity contribution in [1.82, 2.24) is 10.9 Å². The highest BCUT2D eigenvalue weighted by Crippen LogP contribution is 2.25. The molecule has 0 aliphatic carbocycles. The minimum absolute atomic E-state index is 0.371. The number of hydrazine groups is 1. The fourth-order valence-electron chi connectivity index (χ4n) is 3.48. The highest BCUT2D eigenvalue weighted by molar-refractivity contribution is 7.93. The average molecular weight is 447 g/mol. The topological polar surface area (TPSA) is 109 Å². The zero-order valence-corrected chi connectivity index (χ0v) is 19.0. The first-order valence-corrected chi connectivity index (χ1v) is 11.9. The number of carbonyl (C=O) groups is 1. The van der Waals surface area contributed by atoms with Crippen LogP contribution in [0.5, 0.6) is 5.75 Å². The first kappa shape index (κ1) is 23.1. The van der Waals surface area contributed by atoms with Gasteiger partial charge in [0.2, 0.25) is 5.91 Å². The molecule has 4 N–H and O–H groups in total. The highest BCUT2D eigenvalue weighted by Gasteiger charge is 2.46. The third-order valence-corrected chi connectivity index (χ3v) is 6.83. The molecule has 1 saturated heterocycles. The Kier molecular flexibility index (Phi) is 7.19. The Morgan fingerprint density at radius 1 is 1.03 bits per heavy atom. The van der Waals surface area contributed by atoms with Crippen LogP contribution >= 0.6 is 0 Å². The van der Waals surface area contributed by atoms with E-state index in [0.717, 1.165) is 5.56 Å². The number of benzene rings is 2. The molecule has 31 heavy (non-hydrogen) atoms. The molecule has 0 spiro atoms. The Hall–Kier alpha value is -2.62. The van der Waals surface area contributed by atoms with Gasteiger partial charge in [-0.3, -0.25) is 14.9 Å². The molecule has 0 bridgehead atoms. The quantitative estimate of drug-likeness (QED) is 0.496. The van der Waals surface area contributed by atoms with Crippen molar-refractivity contribution in [3.8, 4) is 5.75 Å². The number of carbonyl (C=O) groups excluding carboxylic acids is 1. The first-order valence-electron chi connectivity index (χ1n) is 10.4. The number of anilines is 2. The molecule has 1 fully saturated rings. The standard InChI is InChI=1S/C22H30N4O4S/c1-5-30-19-12-10-18(11-13-19)26-31(28,29)22-20(15(4)24-25-22)21(27)23-17-8-6-16(7-9-17)14(2)3/h6-15,20,22,24-26H,5H2,1-4H3,(H,23,27). The third kappa shape index (κ3) is 5.55. The zero-order chi connectivity index (χ0) is 22.6. The van der Waals surface area contributed by atoms with Gasteiger partial charge >= 0.3 is 0 Å². The van der Waals surface area contributed by atoms with Gasteiger partial charge < -0.3 is 10.1 Å². The molecule has 1 aliphatic rings. The van der Waals surface area contributed by atoms with Crippen molar-refractivity contribution in [1.29, 1.82) is 0 Å². The summed E-state index contributed by atoms with van der Waals surface area (Å²) in [6.07, 6.45) is 0. The largest absolute Gasteiger partial charge is 0.494 e.